The van der Waals surface area contributed by atoms with E-state index in [9.17, 15) is 20.5 Å². The fourth-order valence-electron chi connectivity index (χ4n) is 2.14. The Morgan fingerprint density at radius 2 is 1.92 bits per heavy atom. The third-order valence-corrected chi connectivity index (χ3v) is 3.32. The molecule has 1 N–H and O–H groups in total. The van der Waals surface area contributed by atoms with Gasteiger partial charge >= 0.3 is 5.69 Å². The maximum Gasteiger partial charge on any atom is 0.310 e. The van der Waals surface area contributed by atoms with Crippen LogP contribution in [0.2, 0.25) is 0 Å². The summed E-state index contributed by atoms with van der Waals surface area (Å²) in [5.74, 6) is 0.549. The molecule has 0 saturated heterocycles. The zero-order chi connectivity index (χ0) is 17.7. The summed E-state index contributed by atoms with van der Waals surface area (Å²) in [5, 5.41) is 29.8. The average Bonchev–Trinajstić information content (AvgIpc) is 2.58. The highest BCUT2D eigenvalue weighted by Gasteiger charge is 2.13. The van der Waals surface area contributed by atoms with Crippen LogP contribution in [0.4, 0.5) is 5.69 Å². The smallest absolute Gasteiger partial charge is 0.310 e. The van der Waals surface area contributed by atoms with Gasteiger partial charge in [0.2, 0.25) is 0 Å². The van der Waals surface area contributed by atoms with Crippen molar-refractivity contribution in [1.82, 2.24) is 0 Å². The fraction of sp³-hybridized carbons (Fsp3) is 0.118. The van der Waals surface area contributed by atoms with E-state index in [1.807, 2.05) is 0 Å². The molecule has 0 unspecified atom stereocenters. The van der Waals surface area contributed by atoms with Crippen molar-refractivity contribution in [2.24, 2.45) is 0 Å². The Labute approximate surface area is 138 Å². The van der Waals surface area contributed by atoms with E-state index in [4.69, 9.17) is 9.47 Å². The van der Waals surface area contributed by atoms with Crippen LogP contribution in [0.5, 0.6) is 17.2 Å². The number of aromatic hydroxyl groups is 1. The largest absolute Gasteiger partial charge is 0.502 e. The van der Waals surface area contributed by atoms with Crippen LogP contribution in [-0.2, 0) is 0 Å². The molecule has 0 spiro atoms. The third-order valence-electron chi connectivity index (χ3n) is 3.32. The van der Waals surface area contributed by atoms with E-state index in [1.165, 1.54) is 38.5 Å². The molecule has 24 heavy (non-hydrogen) atoms. The molecule has 0 aromatic heterocycles. The molecule has 0 aliphatic heterocycles. The number of phenols is 1. The summed E-state index contributed by atoms with van der Waals surface area (Å²) in [7, 11) is 3.00. The van der Waals surface area contributed by atoms with E-state index < -0.39 is 16.4 Å². The number of methoxy groups -OCH3 is 2. The van der Waals surface area contributed by atoms with Crippen molar-refractivity contribution in [1.29, 1.82) is 5.26 Å². The molecule has 2 rings (SSSR count). The molecule has 0 saturated carbocycles. The quantitative estimate of drug-likeness (QED) is 0.391. The number of nitro benzene ring substituents is 1. The van der Waals surface area contributed by atoms with Gasteiger partial charge in [-0.1, -0.05) is 0 Å². The number of rotatable bonds is 5. The minimum Gasteiger partial charge on any atom is -0.502 e. The highest BCUT2D eigenvalue weighted by atomic mass is 16.6. The van der Waals surface area contributed by atoms with Gasteiger partial charge in [-0.05, 0) is 47.5 Å². The summed E-state index contributed by atoms with van der Waals surface area (Å²) >= 11 is 0. The van der Waals surface area contributed by atoms with Crippen molar-refractivity contribution in [2.45, 2.75) is 0 Å². The van der Waals surface area contributed by atoms with Crippen molar-refractivity contribution in [2.75, 3.05) is 14.2 Å². The predicted molar refractivity (Wildman–Crippen MR) is 87.8 cm³/mol. The molecule has 0 heterocycles. The van der Waals surface area contributed by atoms with Gasteiger partial charge in [-0.15, -0.1) is 0 Å². The summed E-state index contributed by atoms with van der Waals surface area (Å²) in [4.78, 5) is 10.0. The number of nitro groups is 1. The Bertz CT molecular complexity index is 853. The summed E-state index contributed by atoms with van der Waals surface area (Å²) < 4.78 is 10.4. The molecule has 0 amide bonds. The lowest BCUT2D eigenvalue weighted by atomic mass is 10.0. The Morgan fingerprint density at radius 3 is 2.46 bits per heavy atom. The first-order valence-corrected chi connectivity index (χ1v) is 6.81. The van der Waals surface area contributed by atoms with Crippen molar-refractivity contribution >= 4 is 17.3 Å². The first-order chi connectivity index (χ1) is 11.5. The standard InChI is InChI=1S/C17H14N2O5/c1-23-16-6-4-12(9-17(16)24-2)13(10-18)7-11-3-5-14(19(21)22)15(20)8-11/h3-9,20H,1-2H3/b13-7+. The molecule has 2 aromatic rings. The Morgan fingerprint density at radius 1 is 1.21 bits per heavy atom. The number of benzene rings is 2. The van der Waals surface area contributed by atoms with Crippen LogP contribution in [0.15, 0.2) is 36.4 Å². The molecule has 0 bridgehead atoms. The van der Waals surface area contributed by atoms with E-state index in [1.54, 1.807) is 18.2 Å². The maximum absolute atomic E-state index is 10.7. The van der Waals surface area contributed by atoms with Gasteiger partial charge in [0.05, 0.1) is 30.8 Å². The van der Waals surface area contributed by atoms with E-state index in [2.05, 4.69) is 6.07 Å². The Kier molecular flexibility index (Phi) is 5.02. The molecular formula is C17H14N2O5. The zero-order valence-corrected chi connectivity index (χ0v) is 13.0. The normalized spacial score (nSPS) is 10.8. The lowest BCUT2D eigenvalue weighted by Crippen LogP contribution is -1.92. The molecule has 0 atom stereocenters. The highest BCUT2D eigenvalue weighted by Crippen LogP contribution is 2.32. The average molecular weight is 326 g/mol. The third kappa shape index (κ3) is 3.44. The second-order valence-corrected chi connectivity index (χ2v) is 4.74. The molecule has 122 valence electrons. The molecule has 0 fully saturated rings. The van der Waals surface area contributed by atoms with Crippen molar-refractivity contribution in [3.05, 3.63) is 57.6 Å². The van der Waals surface area contributed by atoms with Crippen LogP contribution in [-0.4, -0.2) is 24.2 Å². The summed E-state index contributed by atoms with van der Waals surface area (Å²) in [6, 6.07) is 11.0. The number of hydrogen-bond donors (Lipinski definition) is 1. The molecule has 2 aromatic carbocycles. The van der Waals surface area contributed by atoms with E-state index >= 15 is 0 Å². The summed E-state index contributed by atoms with van der Waals surface area (Å²) in [6.45, 7) is 0. The van der Waals surface area contributed by atoms with Gasteiger partial charge < -0.3 is 14.6 Å². The highest BCUT2D eigenvalue weighted by molar-refractivity contribution is 5.90. The van der Waals surface area contributed by atoms with Crippen LogP contribution < -0.4 is 9.47 Å². The van der Waals surface area contributed by atoms with Crippen LogP contribution in [0.25, 0.3) is 11.6 Å². The molecule has 0 radical (unpaired) electrons. The van der Waals surface area contributed by atoms with E-state index in [0.29, 0.717) is 28.2 Å². The zero-order valence-electron chi connectivity index (χ0n) is 13.0. The minimum absolute atomic E-state index is 0.309. The number of hydrogen-bond acceptors (Lipinski definition) is 6. The van der Waals surface area contributed by atoms with Crippen LogP contribution >= 0.6 is 0 Å². The molecule has 7 heteroatoms. The topological polar surface area (TPSA) is 106 Å². The molecule has 0 aliphatic carbocycles. The SMILES string of the molecule is COc1ccc(/C(C#N)=C/c2ccc([N+](=O)[O-])c(O)c2)cc1OC. The Hall–Kier alpha value is -3.53. The first-order valence-electron chi connectivity index (χ1n) is 6.81. The van der Waals surface area contributed by atoms with E-state index in [0.717, 1.165) is 0 Å². The number of phenolic OH excluding ortho intramolecular Hbond substituents is 1. The number of allylic oxidation sites excluding steroid dienone is 1. The summed E-state index contributed by atoms with van der Waals surface area (Å²) in [6.07, 6.45) is 1.52. The molecule has 0 aliphatic rings. The van der Waals surface area contributed by atoms with Gasteiger partial charge in [0.1, 0.15) is 0 Å². The van der Waals surface area contributed by atoms with Gasteiger partial charge in [0.15, 0.2) is 17.2 Å². The number of ether oxygens (including phenoxy) is 2. The predicted octanol–water partition coefficient (Wildman–Crippen LogP) is 3.38. The van der Waals surface area contributed by atoms with Crippen molar-refractivity contribution in [3.8, 4) is 23.3 Å². The first kappa shape index (κ1) is 16.8. The van der Waals surface area contributed by atoms with Gasteiger partial charge in [-0.3, -0.25) is 10.1 Å². The number of nitrogens with zero attached hydrogens (tertiary/aromatic N) is 2. The van der Waals surface area contributed by atoms with Crippen molar-refractivity contribution < 1.29 is 19.5 Å². The second kappa shape index (κ2) is 7.15. The van der Waals surface area contributed by atoms with Gasteiger partial charge in [-0.25, -0.2) is 0 Å². The van der Waals surface area contributed by atoms with Gasteiger partial charge in [0, 0.05) is 6.07 Å². The lowest BCUT2D eigenvalue weighted by Gasteiger charge is -2.09. The van der Waals surface area contributed by atoms with Gasteiger partial charge in [0.25, 0.3) is 0 Å². The second-order valence-electron chi connectivity index (χ2n) is 4.74. The lowest BCUT2D eigenvalue weighted by molar-refractivity contribution is -0.385. The number of nitriles is 1. The van der Waals surface area contributed by atoms with Crippen LogP contribution in [0.3, 0.4) is 0 Å². The monoisotopic (exact) mass is 326 g/mol. The Balaban J connectivity index is 2.45. The van der Waals surface area contributed by atoms with E-state index in [-0.39, 0.29) is 0 Å². The minimum atomic E-state index is -0.678. The van der Waals surface area contributed by atoms with Gasteiger partial charge in [-0.2, -0.15) is 5.26 Å². The maximum atomic E-state index is 10.7. The molecular weight excluding hydrogens is 312 g/mol. The van der Waals surface area contributed by atoms with Crippen LogP contribution in [0, 0.1) is 21.4 Å². The fourth-order valence-corrected chi connectivity index (χ4v) is 2.14. The van der Waals surface area contributed by atoms with Crippen LogP contribution in [0.1, 0.15) is 11.1 Å². The summed E-state index contributed by atoms with van der Waals surface area (Å²) in [5.41, 5.74) is 0.971. The molecule has 7 nitrogen and oxygen atoms in total. The van der Waals surface area contributed by atoms with Crippen molar-refractivity contribution in [3.63, 3.8) is 0 Å².